The van der Waals surface area contributed by atoms with E-state index in [1.54, 1.807) is 18.2 Å². The van der Waals surface area contributed by atoms with Crippen molar-refractivity contribution in [2.75, 3.05) is 31.1 Å². The molecule has 27 heavy (non-hydrogen) atoms. The van der Waals surface area contributed by atoms with E-state index in [4.69, 9.17) is 5.11 Å². The summed E-state index contributed by atoms with van der Waals surface area (Å²) < 4.78 is 38.7. The van der Waals surface area contributed by atoms with Gasteiger partial charge in [-0.15, -0.1) is 0 Å². The van der Waals surface area contributed by atoms with E-state index in [9.17, 15) is 18.0 Å². The van der Waals surface area contributed by atoms with Crippen LogP contribution in [0.1, 0.15) is 28.9 Å². The van der Waals surface area contributed by atoms with Crippen molar-refractivity contribution in [3.8, 4) is 0 Å². The van der Waals surface area contributed by atoms with E-state index in [2.05, 4.69) is 10.3 Å². The largest absolute Gasteiger partial charge is 0.395 e. The summed E-state index contributed by atoms with van der Waals surface area (Å²) in [5.41, 5.74) is 1.20. The lowest BCUT2D eigenvalue weighted by molar-refractivity contribution is -0.179. The fourth-order valence-electron chi connectivity index (χ4n) is 3.44. The van der Waals surface area contributed by atoms with Crippen LogP contribution in [0.25, 0.3) is 10.8 Å². The number of nitrogens with one attached hydrogen (secondary N) is 1. The number of hydrogen-bond acceptors (Lipinski definition) is 4. The smallest absolute Gasteiger partial charge is 0.391 e. The molecule has 2 heterocycles. The van der Waals surface area contributed by atoms with E-state index in [0.717, 1.165) is 16.5 Å². The molecular formula is C19H22F3N3O2. The van der Waals surface area contributed by atoms with E-state index in [1.807, 2.05) is 17.9 Å². The summed E-state index contributed by atoms with van der Waals surface area (Å²) in [4.78, 5) is 18.5. The molecule has 2 N–H and O–H groups in total. The van der Waals surface area contributed by atoms with Crippen LogP contribution >= 0.6 is 0 Å². The molecule has 1 aliphatic rings. The van der Waals surface area contributed by atoms with Crippen LogP contribution in [0, 0.1) is 12.8 Å². The average Bonchev–Trinajstić information content (AvgIpc) is 2.64. The summed E-state index contributed by atoms with van der Waals surface area (Å²) in [5.74, 6) is -0.882. The normalized spacial score (nSPS) is 16.0. The molecule has 1 aliphatic heterocycles. The number of amides is 1. The van der Waals surface area contributed by atoms with Crippen molar-refractivity contribution in [3.05, 3.63) is 35.5 Å². The summed E-state index contributed by atoms with van der Waals surface area (Å²) in [7, 11) is 0. The van der Waals surface area contributed by atoms with E-state index in [1.165, 1.54) is 0 Å². The third-order valence-electron chi connectivity index (χ3n) is 4.86. The van der Waals surface area contributed by atoms with Crippen molar-refractivity contribution in [1.29, 1.82) is 0 Å². The second-order valence-electron chi connectivity index (χ2n) is 6.81. The van der Waals surface area contributed by atoms with E-state index < -0.39 is 12.1 Å². The number of hydrogen-bond donors (Lipinski definition) is 2. The van der Waals surface area contributed by atoms with Crippen LogP contribution in [0.2, 0.25) is 0 Å². The summed E-state index contributed by atoms with van der Waals surface area (Å²) in [6.07, 6.45) is -4.03. The van der Waals surface area contributed by atoms with Gasteiger partial charge in [0.1, 0.15) is 5.82 Å². The summed E-state index contributed by atoms with van der Waals surface area (Å²) in [5, 5.41) is 13.0. The molecule has 1 aromatic carbocycles. The predicted molar refractivity (Wildman–Crippen MR) is 96.9 cm³/mol. The number of rotatable bonds is 4. The minimum Gasteiger partial charge on any atom is -0.395 e. The molecule has 1 amide bonds. The third-order valence-corrected chi connectivity index (χ3v) is 4.86. The summed E-state index contributed by atoms with van der Waals surface area (Å²) in [6.45, 7) is 2.46. The molecule has 0 atom stereocenters. The van der Waals surface area contributed by atoms with Crippen molar-refractivity contribution >= 4 is 22.5 Å². The van der Waals surface area contributed by atoms with Crippen LogP contribution in [0.3, 0.4) is 0 Å². The Kier molecular flexibility index (Phi) is 5.55. The number of halogens is 3. The molecular weight excluding hydrogens is 359 g/mol. The van der Waals surface area contributed by atoms with Gasteiger partial charge in [-0.2, -0.15) is 13.2 Å². The Morgan fingerprint density at radius 2 is 2.00 bits per heavy atom. The molecule has 0 spiro atoms. The highest BCUT2D eigenvalue weighted by atomic mass is 19.4. The maximum absolute atomic E-state index is 12.9. The number of benzene rings is 1. The van der Waals surface area contributed by atoms with Gasteiger partial charge in [-0.3, -0.25) is 4.79 Å². The van der Waals surface area contributed by atoms with Crippen LogP contribution in [-0.2, 0) is 0 Å². The minimum atomic E-state index is -4.15. The first-order valence-corrected chi connectivity index (χ1v) is 8.91. The number of fused-ring (bicyclic) bond motifs is 1. The summed E-state index contributed by atoms with van der Waals surface area (Å²) >= 11 is 0. The zero-order valence-corrected chi connectivity index (χ0v) is 15.0. The van der Waals surface area contributed by atoms with Crippen LogP contribution in [0.5, 0.6) is 0 Å². The number of pyridine rings is 1. The van der Waals surface area contributed by atoms with E-state index in [0.29, 0.717) is 24.5 Å². The molecule has 1 aromatic heterocycles. The zero-order chi connectivity index (χ0) is 19.6. The molecule has 2 aromatic rings. The minimum absolute atomic E-state index is 0.0578. The van der Waals surface area contributed by atoms with Crippen molar-refractivity contribution in [2.24, 2.45) is 5.92 Å². The first-order valence-electron chi connectivity index (χ1n) is 8.91. The van der Waals surface area contributed by atoms with Crippen molar-refractivity contribution in [2.45, 2.75) is 25.9 Å². The predicted octanol–water partition coefficient (Wildman–Crippen LogP) is 3.04. The lowest BCUT2D eigenvalue weighted by Crippen LogP contribution is -2.39. The SMILES string of the molecule is Cc1cc2cc(C(=O)NCCO)ccc2c(N2CCC(C(F)(F)F)CC2)n1. The average molecular weight is 381 g/mol. The molecule has 0 saturated carbocycles. The topological polar surface area (TPSA) is 65.5 Å². The first kappa shape index (κ1) is 19.4. The Morgan fingerprint density at radius 1 is 1.30 bits per heavy atom. The molecule has 0 aliphatic carbocycles. The monoisotopic (exact) mass is 381 g/mol. The van der Waals surface area contributed by atoms with Crippen LogP contribution in [-0.4, -0.2) is 48.4 Å². The van der Waals surface area contributed by atoms with Gasteiger partial charge in [-0.25, -0.2) is 4.98 Å². The van der Waals surface area contributed by atoms with Gasteiger partial charge in [-0.05, 0) is 49.4 Å². The molecule has 5 nitrogen and oxygen atoms in total. The number of anilines is 1. The second kappa shape index (κ2) is 7.72. The lowest BCUT2D eigenvalue weighted by atomic mass is 9.96. The lowest BCUT2D eigenvalue weighted by Gasteiger charge is -2.34. The zero-order valence-electron chi connectivity index (χ0n) is 15.0. The van der Waals surface area contributed by atoms with Gasteiger partial charge in [0, 0.05) is 36.3 Å². The van der Waals surface area contributed by atoms with Gasteiger partial charge >= 0.3 is 6.18 Å². The van der Waals surface area contributed by atoms with Crippen LogP contribution < -0.4 is 10.2 Å². The quantitative estimate of drug-likeness (QED) is 0.855. The maximum atomic E-state index is 12.9. The number of nitrogens with zero attached hydrogens (tertiary/aromatic N) is 2. The number of piperidine rings is 1. The molecule has 0 bridgehead atoms. The number of aryl methyl sites for hydroxylation is 1. The number of aliphatic hydroxyl groups excluding tert-OH is 1. The number of carbonyl (C=O) groups excluding carboxylic acids is 1. The van der Waals surface area contributed by atoms with Gasteiger partial charge in [0.15, 0.2) is 0 Å². The van der Waals surface area contributed by atoms with Gasteiger partial charge in [0.05, 0.1) is 12.5 Å². The molecule has 146 valence electrons. The maximum Gasteiger partial charge on any atom is 0.391 e. The van der Waals surface area contributed by atoms with Crippen molar-refractivity contribution in [1.82, 2.24) is 10.3 Å². The van der Waals surface area contributed by atoms with Crippen LogP contribution in [0.4, 0.5) is 19.0 Å². The highest BCUT2D eigenvalue weighted by molar-refractivity contribution is 6.01. The molecule has 1 saturated heterocycles. The Hall–Kier alpha value is -2.35. The molecule has 0 radical (unpaired) electrons. The van der Waals surface area contributed by atoms with Crippen molar-refractivity contribution in [3.63, 3.8) is 0 Å². The Balaban J connectivity index is 1.87. The van der Waals surface area contributed by atoms with Gasteiger partial charge in [0.2, 0.25) is 0 Å². The van der Waals surface area contributed by atoms with Gasteiger partial charge < -0.3 is 15.3 Å². The second-order valence-corrected chi connectivity index (χ2v) is 6.81. The summed E-state index contributed by atoms with van der Waals surface area (Å²) in [6, 6.07) is 7.03. The van der Waals surface area contributed by atoms with Crippen molar-refractivity contribution < 1.29 is 23.1 Å². The number of aromatic nitrogens is 1. The fraction of sp³-hybridized carbons (Fsp3) is 0.474. The number of aliphatic hydroxyl groups is 1. The first-order chi connectivity index (χ1) is 12.8. The highest BCUT2D eigenvalue weighted by Gasteiger charge is 2.41. The number of carbonyl (C=O) groups is 1. The fourth-order valence-corrected chi connectivity index (χ4v) is 3.44. The van der Waals surface area contributed by atoms with Crippen LogP contribution in [0.15, 0.2) is 24.3 Å². The highest BCUT2D eigenvalue weighted by Crippen LogP contribution is 2.36. The third kappa shape index (κ3) is 4.32. The van der Waals surface area contributed by atoms with Gasteiger partial charge in [0.25, 0.3) is 5.91 Å². The molecule has 1 fully saturated rings. The Morgan fingerprint density at radius 3 is 2.63 bits per heavy atom. The Bertz CT molecular complexity index is 831. The molecule has 3 rings (SSSR count). The standard InChI is InChI=1S/C19H22F3N3O2/c1-12-10-14-11-13(18(27)23-6-9-26)2-3-16(14)17(24-12)25-7-4-15(5-8-25)19(20,21)22/h2-3,10-11,15,26H,4-9H2,1H3,(H,23,27). The van der Waals surface area contributed by atoms with E-state index >= 15 is 0 Å². The van der Waals surface area contributed by atoms with E-state index in [-0.39, 0.29) is 31.9 Å². The van der Waals surface area contributed by atoms with Gasteiger partial charge in [-0.1, -0.05) is 0 Å². The number of alkyl halides is 3. The Labute approximate surface area is 155 Å². The molecule has 0 unspecified atom stereocenters. The molecule has 8 heteroatoms.